The average Bonchev–Trinajstić information content (AvgIpc) is 3.32. The van der Waals surface area contributed by atoms with Crippen LogP contribution in [0.25, 0.3) is 0 Å². The van der Waals surface area contributed by atoms with Gasteiger partial charge in [0.05, 0.1) is 5.69 Å². The molecule has 7 nitrogen and oxygen atoms in total. The minimum Gasteiger partial charge on any atom is -0.317 e. The summed E-state index contributed by atoms with van der Waals surface area (Å²) in [6.45, 7) is 1.98. The third-order valence-electron chi connectivity index (χ3n) is 5.75. The van der Waals surface area contributed by atoms with Gasteiger partial charge in [0, 0.05) is 18.4 Å². The van der Waals surface area contributed by atoms with E-state index in [-0.39, 0.29) is 6.03 Å². The predicted molar refractivity (Wildman–Crippen MR) is 133 cm³/mol. The number of nitrogens with zero attached hydrogens (tertiary/aromatic N) is 1. The van der Waals surface area contributed by atoms with Crippen molar-refractivity contribution in [1.82, 2.24) is 5.32 Å². The molecule has 2 aromatic carbocycles. The van der Waals surface area contributed by atoms with Gasteiger partial charge >= 0.3 is 6.03 Å². The van der Waals surface area contributed by atoms with Gasteiger partial charge in [0.25, 0.3) is 0 Å². The Bertz CT molecular complexity index is 1070. The first-order chi connectivity index (χ1) is 15.4. The molecule has 170 valence electrons. The van der Waals surface area contributed by atoms with Gasteiger partial charge in [0.2, 0.25) is 10.0 Å². The number of rotatable bonds is 6. The number of amides is 2. The molecule has 1 fully saturated rings. The van der Waals surface area contributed by atoms with Crippen LogP contribution in [0.1, 0.15) is 19.3 Å². The predicted octanol–water partition coefficient (Wildman–Crippen LogP) is 4.44. The van der Waals surface area contributed by atoms with Crippen molar-refractivity contribution in [3.63, 3.8) is 0 Å². The number of allylic oxidation sites excluding steroid dienone is 2. The molecule has 0 radical (unpaired) electrons. The van der Waals surface area contributed by atoms with E-state index in [2.05, 4.69) is 22.0 Å². The fraction of sp³-hybridized carbons (Fsp3) is 0.348. The quantitative estimate of drug-likeness (QED) is 0.578. The summed E-state index contributed by atoms with van der Waals surface area (Å²) in [5.74, 6) is 0.471. The van der Waals surface area contributed by atoms with Gasteiger partial charge in [-0.25, -0.2) is 13.2 Å². The molecule has 0 spiro atoms. The van der Waals surface area contributed by atoms with Crippen LogP contribution in [0.15, 0.2) is 65.6 Å². The maximum absolute atomic E-state index is 13.2. The van der Waals surface area contributed by atoms with Gasteiger partial charge in [-0.1, -0.05) is 24.3 Å². The molecule has 3 N–H and O–H groups in total. The first kappa shape index (κ1) is 22.7. The molecule has 2 aliphatic rings. The average molecular weight is 473 g/mol. The number of carbonyl (C=O) groups is 1. The van der Waals surface area contributed by atoms with Gasteiger partial charge < -0.3 is 16.0 Å². The van der Waals surface area contributed by atoms with Crippen molar-refractivity contribution >= 4 is 44.9 Å². The monoisotopic (exact) mass is 472 g/mol. The van der Waals surface area contributed by atoms with E-state index in [9.17, 15) is 13.2 Å². The summed E-state index contributed by atoms with van der Waals surface area (Å²) in [6.07, 6.45) is 4.77. The van der Waals surface area contributed by atoms with Crippen LogP contribution in [0.2, 0.25) is 0 Å². The van der Waals surface area contributed by atoms with Gasteiger partial charge in [0.1, 0.15) is 4.58 Å². The van der Waals surface area contributed by atoms with Crippen LogP contribution >= 0.6 is 11.8 Å². The number of hydrogen-bond donors (Lipinski definition) is 3. The molecule has 2 aliphatic heterocycles. The number of para-hydroxylation sites is 1. The Morgan fingerprint density at radius 3 is 2.28 bits per heavy atom. The van der Waals surface area contributed by atoms with E-state index in [1.54, 1.807) is 43.4 Å². The first-order valence-corrected chi connectivity index (χ1v) is 13.1. The Kier molecular flexibility index (Phi) is 7.07. The summed E-state index contributed by atoms with van der Waals surface area (Å²) in [7, 11) is -1.92. The molecule has 2 aromatic rings. The van der Waals surface area contributed by atoms with E-state index in [1.807, 2.05) is 18.2 Å². The molecule has 1 saturated heterocycles. The third kappa shape index (κ3) is 5.28. The molecule has 0 aromatic heterocycles. The Morgan fingerprint density at radius 1 is 1.00 bits per heavy atom. The second-order valence-corrected chi connectivity index (χ2v) is 11.6. The molecule has 0 saturated carbocycles. The summed E-state index contributed by atoms with van der Waals surface area (Å²) >= 11 is 1.50. The maximum Gasteiger partial charge on any atom is 0.323 e. The Morgan fingerprint density at radius 2 is 1.62 bits per heavy atom. The Hall–Kier alpha value is -2.49. The van der Waals surface area contributed by atoms with Crippen molar-refractivity contribution in [2.24, 2.45) is 5.92 Å². The molecule has 2 amide bonds. The zero-order chi connectivity index (χ0) is 22.6. The van der Waals surface area contributed by atoms with Crippen molar-refractivity contribution in [3.05, 3.63) is 65.6 Å². The lowest BCUT2D eigenvalue weighted by atomic mass is 9.97. The van der Waals surface area contributed by atoms with Gasteiger partial charge in [-0.15, -0.1) is 11.8 Å². The maximum atomic E-state index is 13.2. The number of anilines is 3. The van der Waals surface area contributed by atoms with Crippen LogP contribution in [0.5, 0.6) is 0 Å². The summed E-state index contributed by atoms with van der Waals surface area (Å²) in [5.41, 5.74) is 1.84. The number of hydrogen-bond acceptors (Lipinski definition) is 5. The van der Waals surface area contributed by atoms with Crippen LogP contribution in [-0.2, 0) is 10.0 Å². The van der Waals surface area contributed by atoms with E-state index in [0.29, 0.717) is 29.4 Å². The largest absolute Gasteiger partial charge is 0.323 e. The third-order valence-corrected chi connectivity index (χ3v) is 9.83. The first-order valence-electron chi connectivity index (χ1n) is 10.7. The van der Waals surface area contributed by atoms with Crippen molar-refractivity contribution in [3.8, 4) is 0 Å². The van der Waals surface area contributed by atoms with E-state index in [0.717, 1.165) is 25.9 Å². The number of benzene rings is 2. The lowest BCUT2D eigenvalue weighted by Gasteiger charge is -2.26. The van der Waals surface area contributed by atoms with Crippen LogP contribution in [0, 0.1) is 5.92 Å². The number of sulfonamides is 1. The molecule has 4 rings (SSSR count). The van der Waals surface area contributed by atoms with E-state index in [1.165, 1.54) is 21.0 Å². The van der Waals surface area contributed by atoms with Gasteiger partial charge in [-0.05, 0) is 79.6 Å². The standard InChI is InChI=1S/C23H28N4O3S2/c1-27(32(29,30)22-12-11-21(31-22)17-13-15-24-16-14-17)20-9-7-19(8-10-20)26-23(28)25-18-5-3-2-4-6-18/h2-11,17,22,24H,12-16H2,1H3,(H2,25,26,28). The normalized spacial score (nSPS) is 19.3. The number of thioether (sulfide) groups is 1. The summed E-state index contributed by atoms with van der Waals surface area (Å²) < 4.78 is 27.3. The molecule has 2 heterocycles. The van der Waals surface area contributed by atoms with Crippen molar-refractivity contribution < 1.29 is 13.2 Å². The van der Waals surface area contributed by atoms with Gasteiger partial charge in [-0.3, -0.25) is 4.31 Å². The lowest BCUT2D eigenvalue weighted by molar-refractivity contribution is 0.262. The number of nitrogens with one attached hydrogen (secondary N) is 3. The molecule has 0 bridgehead atoms. The number of carbonyl (C=O) groups excluding carboxylic acids is 1. The van der Waals surface area contributed by atoms with E-state index < -0.39 is 14.6 Å². The number of piperidine rings is 1. The topological polar surface area (TPSA) is 90.5 Å². The Balaban J connectivity index is 1.35. The van der Waals surface area contributed by atoms with Crippen LogP contribution < -0.4 is 20.3 Å². The highest BCUT2D eigenvalue weighted by Gasteiger charge is 2.36. The minimum atomic E-state index is -3.51. The molecule has 1 atom stereocenters. The smallest absolute Gasteiger partial charge is 0.317 e. The highest BCUT2D eigenvalue weighted by Crippen LogP contribution is 2.43. The van der Waals surface area contributed by atoms with Crippen molar-refractivity contribution in [2.45, 2.75) is 23.8 Å². The fourth-order valence-corrected chi connectivity index (χ4v) is 7.34. The summed E-state index contributed by atoms with van der Waals surface area (Å²) in [5, 5.41) is 8.86. The van der Waals surface area contributed by atoms with Crippen LogP contribution in [-0.4, -0.2) is 39.2 Å². The van der Waals surface area contributed by atoms with Gasteiger partial charge in [-0.2, -0.15) is 0 Å². The number of urea groups is 1. The second-order valence-electron chi connectivity index (χ2n) is 7.92. The molecule has 9 heteroatoms. The SMILES string of the molecule is CN(c1ccc(NC(=O)Nc2ccccc2)cc1)S(=O)(=O)C1CC=C(C2CCNCC2)S1. The highest BCUT2D eigenvalue weighted by atomic mass is 32.3. The van der Waals surface area contributed by atoms with E-state index >= 15 is 0 Å². The molecule has 1 unspecified atom stereocenters. The van der Waals surface area contributed by atoms with Crippen LogP contribution in [0.3, 0.4) is 0 Å². The summed E-state index contributed by atoms with van der Waals surface area (Å²) in [4.78, 5) is 13.4. The highest BCUT2D eigenvalue weighted by molar-refractivity contribution is 8.16. The lowest BCUT2D eigenvalue weighted by Crippen LogP contribution is -2.33. The molecular formula is C23H28N4O3S2. The fourth-order valence-electron chi connectivity index (χ4n) is 3.91. The molecule has 32 heavy (non-hydrogen) atoms. The second kappa shape index (κ2) is 9.97. The molecule has 0 aliphatic carbocycles. The zero-order valence-electron chi connectivity index (χ0n) is 18.0. The van der Waals surface area contributed by atoms with Crippen molar-refractivity contribution in [2.75, 3.05) is 35.1 Å². The Labute approximate surface area is 193 Å². The van der Waals surface area contributed by atoms with Crippen LogP contribution in [0.4, 0.5) is 21.9 Å². The van der Waals surface area contributed by atoms with E-state index in [4.69, 9.17) is 0 Å². The summed E-state index contributed by atoms with van der Waals surface area (Å²) in [6, 6.07) is 15.6. The molecular weight excluding hydrogens is 444 g/mol. The van der Waals surface area contributed by atoms with Crippen molar-refractivity contribution in [1.29, 1.82) is 0 Å². The minimum absolute atomic E-state index is 0.358. The van der Waals surface area contributed by atoms with Gasteiger partial charge in [0.15, 0.2) is 0 Å². The zero-order valence-corrected chi connectivity index (χ0v) is 19.6.